The molecular weight excluding hydrogens is 475 g/mol. The Hall–Kier alpha value is -3.14. The quantitative estimate of drug-likeness (QED) is 0.237. The van der Waals surface area contributed by atoms with E-state index in [0.29, 0.717) is 20.6 Å². The molecular formula is C20H13IN2O5. The number of carbonyl (C=O) groups excluding carboxylic acids is 1. The highest BCUT2D eigenvalue weighted by Gasteiger charge is 2.18. The van der Waals surface area contributed by atoms with Crippen molar-refractivity contribution in [3.8, 4) is 5.75 Å². The Morgan fingerprint density at radius 1 is 1.11 bits per heavy atom. The van der Waals surface area contributed by atoms with Gasteiger partial charge in [0, 0.05) is 32.5 Å². The number of nitrogens with one attached hydrogen (secondary N) is 1. The van der Waals surface area contributed by atoms with E-state index in [1.807, 2.05) is 46.9 Å². The van der Waals surface area contributed by atoms with Crippen LogP contribution in [-0.4, -0.2) is 17.9 Å². The molecule has 140 valence electrons. The second kappa shape index (κ2) is 7.12. The number of rotatable bonds is 4. The lowest BCUT2D eigenvalue weighted by atomic mass is 10.1. The van der Waals surface area contributed by atoms with Crippen LogP contribution in [0, 0.1) is 13.7 Å². The molecule has 0 radical (unpaired) electrons. The van der Waals surface area contributed by atoms with Crippen LogP contribution in [0.15, 0.2) is 59.0 Å². The van der Waals surface area contributed by atoms with Gasteiger partial charge in [-0.15, -0.1) is 0 Å². The molecule has 8 heteroatoms. The Morgan fingerprint density at radius 2 is 1.89 bits per heavy atom. The number of nitrogens with zero attached hydrogens (tertiary/aromatic N) is 1. The fourth-order valence-electron chi connectivity index (χ4n) is 3.01. The number of non-ortho nitro benzene ring substituents is 1. The van der Waals surface area contributed by atoms with Crippen LogP contribution in [0.4, 0.5) is 11.4 Å². The lowest BCUT2D eigenvalue weighted by Crippen LogP contribution is -2.14. The molecule has 0 aliphatic rings. The third kappa shape index (κ3) is 3.15. The second-order valence-electron chi connectivity index (χ2n) is 6.02. The van der Waals surface area contributed by atoms with E-state index in [1.165, 1.54) is 25.3 Å². The van der Waals surface area contributed by atoms with Crippen LogP contribution in [0.2, 0.25) is 0 Å². The number of para-hydroxylation sites is 1. The molecule has 4 rings (SSSR count). The third-order valence-electron chi connectivity index (χ3n) is 4.35. The van der Waals surface area contributed by atoms with Gasteiger partial charge in [0.25, 0.3) is 11.6 Å². The van der Waals surface area contributed by atoms with E-state index in [1.54, 1.807) is 12.1 Å². The van der Waals surface area contributed by atoms with Crippen molar-refractivity contribution in [3.05, 3.63) is 73.8 Å². The van der Waals surface area contributed by atoms with Crippen molar-refractivity contribution in [2.45, 2.75) is 0 Å². The molecule has 0 bridgehead atoms. The van der Waals surface area contributed by atoms with E-state index < -0.39 is 10.8 Å². The number of fused-ring (bicyclic) bond motifs is 3. The van der Waals surface area contributed by atoms with E-state index in [2.05, 4.69) is 5.32 Å². The van der Waals surface area contributed by atoms with Crippen LogP contribution in [0.3, 0.4) is 0 Å². The maximum absolute atomic E-state index is 12.8. The smallest absolute Gasteiger partial charge is 0.270 e. The molecule has 7 nitrogen and oxygen atoms in total. The summed E-state index contributed by atoms with van der Waals surface area (Å²) < 4.78 is 11.9. The van der Waals surface area contributed by atoms with Crippen molar-refractivity contribution in [3.63, 3.8) is 0 Å². The van der Waals surface area contributed by atoms with Gasteiger partial charge in [0.15, 0.2) is 0 Å². The van der Waals surface area contributed by atoms with Gasteiger partial charge in [-0.1, -0.05) is 18.2 Å². The normalized spacial score (nSPS) is 10.9. The lowest BCUT2D eigenvalue weighted by molar-refractivity contribution is -0.384. The zero-order valence-electron chi connectivity index (χ0n) is 14.6. The van der Waals surface area contributed by atoms with Gasteiger partial charge in [-0.3, -0.25) is 14.9 Å². The molecule has 0 spiro atoms. The van der Waals surface area contributed by atoms with Crippen molar-refractivity contribution in [2.75, 3.05) is 12.4 Å². The van der Waals surface area contributed by atoms with Gasteiger partial charge in [0.05, 0.1) is 23.3 Å². The SMILES string of the molecule is COc1cc2c(cc1NC(=O)c1cc([N+](=O)[O-])ccc1I)oc1ccccc12. The predicted molar refractivity (Wildman–Crippen MR) is 114 cm³/mol. The second-order valence-corrected chi connectivity index (χ2v) is 7.18. The highest BCUT2D eigenvalue weighted by atomic mass is 127. The van der Waals surface area contributed by atoms with E-state index >= 15 is 0 Å². The molecule has 4 aromatic rings. The molecule has 28 heavy (non-hydrogen) atoms. The fraction of sp³-hybridized carbons (Fsp3) is 0.0500. The van der Waals surface area contributed by atoms with E-state index in [9.17, 15) is 14.9 Å². The number of anilines is 1. The number of halogens is 1. The topological polar surface area (TPSA) is 94.6 Å². The first kappa shape index (κ1) is 18.2. The number of carbonyl (C=O) groups is 1. The predicted octanol–water partition coefficient (Wildman–Crippen LogP) is 5.36. The largest absolute Gasteiger partial charge is 0.495 e. The first-order chi connectivity index (χ1) is 13.5. The summed E-state index contributed by atoms with van der Waals surface area (Å²) in [6.45, 7) is 0. The Kier molecular flexibility index (Phi) is 4.63. The van der Waals surface area contributed by atoms with Crippen molar-refractivity contribution in [1.29, 1.82) is 0 Å². The maximum atomic E-state index is 12.8. The fourth-order valence-corrected chi connectivity index (χ4v) is 3.59. The Bertz CT molecular complexity index is 1250. The molecule has 0 aliphatic carbocycles. The van der Waals surface area contributed by atoms with E-state index in [-0.39, 0.29) is 11.3 Å². The van der Waals surface area contributed by atoms with Gasteiger partial charge in [-0.2, -0.15) is 0 Å². The summed E-state index contributed by atoms with van der Waals surface area (Å²) in [6, 6.07) is 15.3. The molecule has 1 aromatic heterocycles. The van der Waals surface area contributed by atoms with Gasteiger partial charge < -0.3 is 14.5 Å². The molecule has 0 aliphatic heterocycles. The standard InChI is InChI=1S/C20H13IN2O5/c1-27-19-9-13-12-4-2-3-5-17(12)28-18(13)10-16(19)22-20(24)14-8-11(23(25)26)6-7-15(14)21/h2-10H,1H3,(H,22,24). The summed E-state index contributed by atoms with van der Waals surface area (Å²) in [7, 11) is 1.51. The number of nitro groups is 1. The van der Waals surface area contributed by atoms with Crippen LogP contribution >= 0.6 is 22.6 Å². The molecule has 0 saturated carbocycles. The van der Waals surface area contributed by atoms with Gasteiger partial charge in [-0.25, -0.2) is 0 Å². The minimum atomic E-state index is -0.534. The average molecular weight is 488 g/mol. The van der Waals surface area contributed by atoms with Crippen LogP contribution < -0.4 is 10.1 Å². The highest BCUT2D eigenvalue weighted by Crippen LogP contribution is 2.36. The van der Waals surface area contributed by atoms with E-state index in [4.69, 9.17) is 9.15 Å². The number of benzene rings is 3. The first-order valence-electron chi connectivity index (χ1n) is 8.22. The minimum absolute atomic E-state index is 0.148. The number of hydrogen-bond acceptors (Lipinski definition) is 5. The Labute approximate surface area is 172 Å². The number of methoxy groups -OCH3 is 1. The van der Waals surface area contributed by atoms with Crippen molar-refractivity contribution in [2.24, 2.45) is 0 Å². The summed E-state index contributed by atoms with van der Waals surface area (Å²) >= 11 is 1.97. The summed E-state index contributed by atoms with van der Waals surface area (Å²) in [5, 5.41) is 15.6. The number of ether oxygens (including phenoxy) is 1. The van der Waals surface area contributed by atoms with Gasteiger partial charge >= 0.3 is 0 Å². The van der Waals surface area contributed by atoms with E-state index in [0.717, 1.165) is 16.4 Å². The molecule has 3 aromatic carbocycles. The highest BCUT2D eigenvalue weighted by molar-refractivity contribution is 14.1. The molecule has 0 atom stereocenters. The van der Waals surface area contributed by atoms with Gasteiger partial charge in [0.2, 0.25) is 0 Å². The Balaban J connectivity index is 1.77. The van der Waals surface area contributed by atoms with Crippen molar-refractivity contribution in [1.82, 2.24) is 0 Å². The molecule has 0 saturated heterocycles. The summed E-state index contributed by atoms with van der Waals surface area (Å²) in [4.78, 5) is 23.2. The zero-order chi connectivity index (χ0) is 19.8. The minimum Gasteiger partial charge on any atom is -0.495 e. The van der Waals surface area contributed by atoms with Crippen molar-refractivity contribution >= 4 is 61.8 Å². The molecule has 0 fully saturated rings. The monoisotopic (exact) mass is 488 g/mol. The molecule has 1 heterocycles. The summed E-state index contributed by atoms with van der Waals surface area (Å²) in [5.41, 5.74) is 1.82. The molecule has 0 unspecified atom stereocenters. The molecule has 1 N–H and O–H groups in total. The zero-order valence-corrected chi connectivity index (χ0v) is 16.7. The number of nitro benzene ring substituents is 1. The van der Waals surface area contributed by atoms with Crippen LogP contribution in [0.1, 0.15) is 10.4 Å². The first-order valence-corrected chi connectivity index (χ1v) is 9.30. The van der Waals surface area contributed by atoms with Crippen molar-refractivity contribution < 1.29 is 18.9 Å². The molecule has 1 amide bonds. The Morgan fingerprint density at radius 3 is 2.64 bits per heavy atom. The van der Waals surface area contributed by atoms with Crippen LogP contribution in [0.5, 0.6) is 5.75 Å². The third-order valence-corrected chi connectivity index (χ3v) is 5.29. The van der Waals surface area contributed by atoms with Crippen LogP contribution in [-0.2, 0) is 0 Å². The van der Waals surface area contributed by atoms with Gasteiger partial charge in [-0.05, 0) is 40.8 Å². The number of hydrogen-bond donors (Lipinski definition) is 1. The lowest BCUT2D eigenvalue weighted by Gasteiger charge is -2.11. The number of furan rings is 1. The average Bonchev–Trinajstić information content (AvgIpc) is 3.04. The van der Waals surface area contributed by atoms with Crippen LogP contribution in [0.25, 0.3) is 21.9 Å². The maximum Gasteiger partial charge on any atom is 0.270 e. The summed E-state index contributed by atoms with van der Waals surface area (Å²) in [5.74, 6) is -0.00490. The van der Waals surface area contributed by atoms with Gasteiger partial charge in [0.1, 0.15) is 16.9 Å². The number of amides is 1. The summed E-state index contributed by atoms with van der Waals surface area (Å²) in [6.07, 6.45) is 0.